The molecule has 0 radical (unpaired) electrons. The van der Waals surface area contributed by atoms with Crippen LogP contribution in [0.1, 0.15) is 15.9 Å². The van der Waals surface area contributed by atoms with Gasteiger partial charge in [-0.25, -0.2) is 4.39 Å². The monoisotopic (exact) mass is 393 g/mol. The zero-order chi connectivity index (χ0) is 19.5. The fraction of sp³-hybridized carbons (Fsp3) is 0.0909. The molecule has 4 aromatic rings. The van der Waals surface area contributed by atoms with Crippen molar-refractivity contribution < 1.29 is 9.18 Å². The van der Waals surface area contributed by atoms with Crippen LogP contribution in [0.5, 0.6) is 0 Å². The van der Waals surface area contributed by atoms with Gasteiger partial charge in [-0.1, -0.05) is 35.9 Å². The summed E-state index contributed by atoms with van der Waals surface area (Å²) in [7, 11) is 0. The second kappa shape index (κ2) is 7.82. The molecule has 28 heavy (non-hydrogen) atoms. The molecule has 140 valence electrons. The molecule has 0 aliphatic heterocycles. The van der Waals surface area contributed by atoms with Crippen molar-refractivity contribution >= 4 is 28.4 Å². The number of carbonyl (C=O) groups excluding carboxylic acids is 1. The van der Waals surface area contributed by atoms with Gasteiger partial charge in [0, 0.05) is 35.4 Å². The van der Waals surface area contributed by atoms with Crippen LogP contribution in [0.15, 0.2) is 67.0 Å². The van der Waals surface area contributed by atoms with Crippen molar-refractivity contribution in [3.63, 3.8) is 0 Å². The number of hydrogen-bond acceptors (Lipinski definition) is 2. The van der Waals surface area contributed by atoms with Gasteiger partial charge < -0.3 is 10.3 Å². The molecule has 6 heteroatoms. The number of nitrogens with one attached hydrogen (secondary N) is 2. The highest BCUT2D eigenvalue weighted by molar-refractivity contribution is 6.33. The van der Waals surface area contributed by atoms with Crippen molar-refractivity contribution in [3.05, 3.63) is 89.0 Å². The van der Waals surface area contributed by atoms with Crippen molar-refractivity contribution in [1.29, 1.82) is 0 Å². The van der Waals surface area contributed by atoms with Crippen molar-refractivity contribution in [1.82, 2.24) is 15.3 Å². The van der Waals surface area contributed by atoms with Crippen LogP contribution in [0.4, 0.5) is 4.39 Å². The van der Waals surface area contributed by atoms with Crippen molar-refractivity contribution in [2.75, 3.05) is 6.54 Å². The van der Waals surface area contributed by atoms with E-state index in [1.807, 2.05) is 30.5 Å². The zero-order valence-electron chi connectivity index (χ0n) is 14.9. The lowest BCUT2D eigenvalue weighted by atomic mass is 10.1. The first-order chi connectivity index (χ1) is 13.6. The molecule has 0 saturated carbocycles. The SMILES string of the molecule is O=C(NCCc1c[nH]c2ccccc12)c1ccc(-c2ncccc2Cl)cc1F. The van der Waals surface area contributed by atoms with E-state index in [2.05, 4.69) is 15.3 Å². The molecular formula is C22H17ClFN3O. The van der Waals surface area contributed by atoms with Crippen LogP contribution in [0, 0.1) is 5.82 Å². The molecule has 4 nitrogen and oxygen atoms in total. The average Bonchev–Trinajstić information content (AvgIpc) is 3.11. The van der Waals surface area contributed by atoms with Gasteiger partial charge in [-0.3, -0.25) is 9.78 Å². The van der Waals surface area contributed by atoms with Gasteiger partial charge in [-0.05, 0) is 42.3 Å². The number of aromatic amines is 1. The van der Waals surface area contributed by atoms with Crippen LogP contribution >= 0.6 is 11.6 Å². The predicted octanol–water partition coefficient (Wildman–Crippen LogP) is 4.99. The minimum Gasteiger partial charge on any atom is -0.361 e. The molecule has 1 amide bonds. The Kier molecular flexibility index (Phi) is 5.08. The summed E-state index contributed by atoms with van der Waals surface area (Å²) in [5.74, 6) is -1.06. The number of carbonyl (C=O) groups is 1. The van der Waals surface area contributed by atoms with Gasteiger partial charge in [-0.15, -0.1) is 0 Å². The van der Waals surface area contributed by atoms with E-state index in [9.17, 15) is 9.18 Å². The summed E-state index contributed by atoms with van der Waals surface area (Å²) in [6.45, 7) is 0.411. The number of pyridine rings is 1. The fourth-order valence-corrected chi connectivity index (χ4v) is 3.42. The molecule has 2 N–H and O–H groups in total. The van der Waals surface area contributed by atoms with Crippen LogP contribution in [0.2, 0.25) is 5.02 Å². The number of fused-ring (bicyclic) bond motifs is 1. The molecule has 0 unspecified atom stereocenters. The standard InChI is InChI=1S/C22H17ClFN3O/c23-18-5-3-10-25-21(18)14-7-8-17(19(24)12-14)22(28)26-11-9-15-13-27-20-6-2-1-4-16(15)20/h1-8,10,12-13,27H,9,11H2,(H,26,28). The minimum absolute atomic E-state index is 0.00488. The van der Waals surface area contributed by atoms with Gasteiger partial charge in [0.1, 0.15) is 5.82 Å². The number of halogens is 2. The Balaban J connectivity index is 1.44. The summed E-state index contributed by atoms with van der Waals surface area (Å²) in [6.07, 6.45) is 4.17. The maximum Gasteiger partial charge on any atom is 0.254 e. The topological polar surface area (TPSA) is 57.8 Å². The Hall–Kier alpha value is -3.18. The highest BCUT2D eigenvalue weighted by atomic mass is 35.5. The van der Waals surface area contributed by atoms with E-state index in [1.165, 1.54) is 12.1 Å². The number of amides is 1. The van der Waals surface area contributed by atoms with E-state index in [-0.39, 0.29) is 5.56 Å². The molecule has 0 saturated heterocycles. The number of para-hydroxylation sites is 1. The fourth-order valence-electron chi connectivity index (χ4n) is 3.19. The third kappa shape index (κ3) is 3.62. The summed E-state index contributed by atoms with van der Waals surface area (Å²) in [6, 6.07) is 15.8. The highest BCUT2D eigenvalue weighted by Gasteiger charge is 2.14. The van der Waals surface area contributed by atoms with Crippen LogP contribution < -0.4 is 5.32 Å². The van der Waals surface area contributed by atoms with Crippen molar-refractivity contribution in [2.24, 2.45) is 0 Å². The lowest BCUT2D eigenvalue weighted by molar-refractivity contribution is 0.0950. The van der Waals surface area contributed by atoms with Gasteiger partial charge in [0.15, 0.2) is 0 Å². The first kappa shape index (κ1) is 18.2. The maximum atomic E-state index is 14.5. The Morgan fingerprint density at radius 1 is 1.14 bits per heavy atom. The summed E-state index contributed by atoms with van der Waals surface area (Å²) in [5, 5.41) is 4.33. The van der Waals surface area contributed by atoms with E-state index >= 15 is 0 Å². The smallest absolute Gasteiger partial charge is 0.254 e. The molecule has 0 aliphatic rings. The van der Waals surface area contributed by atoms with Crippen molar-refractivity contribution in [2.45, 2.75) is 6.42 Å². The maximum absolute atomic E-state index is 14.5. The Morgan fingerprint density at radius 3 is 2.82 bits per heavy atom. The van der Waals surface area contributed by atoms with Gasteiger partial charge in [-0.2, -0.15) is 0 Å². The van der Waals surface area contributed by atoms with Gasteiger partial charge in [0.2, 0.25) is 0 Å². The van der Waals surface area contributed by atoms with Gasteiger partial charge in [0.05, 0.1) is 16.3 Å². The van der Waals surface area contributed by atoms with E-state index in [0.717, 1.165) is 16.5 Å². The highest BCUT2D eigenvalue weighted by Crippen LogP contribution is 2.26. The quantitative estimate of drug-likeness (QED) is 0.501. The molecule has 0 fully saturated rings. The molecule has 0 bridgehead atoms. The van der Waals surface area contributed by atoms with Crippen LogP contribution in [-0.2, 0) is 6.42 Å². The number of hydrogen-bond donors (Lipinski definition) is 2. The van der Waals surface area contributed by atoms with E-state index in [1.54, 1.807) is 24.4 Å². The zero-order valence-corrected chi connectivity index (χ0v) is 15.6. The largest absolute Gasteiger partial charge is 0.361 e. The number of nitrogens with zero attached hydrogens (tertiary/aromatic N) is 1. The van der Waals surface area contributed by atoms with E-state index in [0.29, 0.717) is 29.2 Å². The normalized spacial score (nSPS) is 10.9. The third-order valence-corrected chi connectivity index (χ3v) is 4.91. The van der Waals surface area contributed by atoms with E-state index < -0.39 is 11.7 Å². The van der Waals surface area contributed by atoms with Gasteiger partial charge in [0.25, 0.3) is 5.91 Å². The molecular weight excluding hydrogens is 377 g/mol. The molecule has 0 aliphatic carbocycles. The average molecular weight is 394 g/mol. The molecule has 2 heterocycles. The Morgan fingerprint density at radius 2 is 2.00 bits per heavy atom. The number of benzene rings is 2. The van der Waals surface area contributed by atoms with Crippen LogP contribution in [-0.4, -0.2) is 22.4 Å². The first-order valence-electron chi connectivity index (χ1n) is 8.87. The van der Waals surface area contributed by atoms with Crippen molar-refractivity contribution in [3.8, 4) is 11.3 Å². The second-order valence-corrected chi connectivity index (χ2v) is 6.80. The Bertz CT molecular complexity index is 1160. The minimum atomic E-state index is -0.608. The molecule has 2 aromatic carbocycles. The summed E-state index contributed by atoms with van der Waals surface area (Å²) >= 11 is 6.11. The molecule has 2 aromatic heterocycles. The van der Waals surface area contributed by atoms with Gasteiger partial charge >= 0.3 is 0 Å². The summed E-state index contributed by atoms with van der Waals surface area (Å²) in [4.78, 5) is 19.7. The third-order valence-electron chi connectivity index (χ3n) is 4.60. The predicted molar refractivity (Wildman–Crippen MR) is 109 cm³/mol. The lowest BCUT2D eigenvalue weighted by Gasteiger charge is -2.08. The number of aromatic nitrogens is 2. The lowest BCUT2D eigenvalue weighted by Crippen LogP contribution is -2.26. The molecule has 0 spiro atoms. The number of rotatable bonds is 5. The Labute approximate surface area is 166 Å². The summed E-state index contributed by atoms with van der Waals surface area (Å²) < 4.78 is 14.5. The van der Waals surface area contributed by atoms with Crippen LogP contribution in [0.3, 0.4) is 0 Å². The first-order valence-corrected chi connectivity index (χ1v) is 9.25. The second-order valence-electron chi connectivity index (χ2n) is 6.39. The van der Waals surface area contributed by atoms with Crippen LogP contribution in [0.25, 0.3) is 22.2 Å². The van der Waals surface area contributed by atoms with E-state index in [4.69, 9.17) is 11.6 Å². The summed E-state index contributed by atoms with van der Waals surface area (Å²) in [5.41, 5.74) is 3.16. The number of H-pyrrole nitrogens is 1. The molecule has 4 rings (SSSR count). The molecule has 0 atom stereocenters.